The number of nitro benzene ring substituents is 1. The van der Waals surface area contributed by atoms with Crippen molar-refractivity contribution in [3.05, 3.63) is 45.0 Å². The molecule has 0 saturated heterocycles. The fourth-order valence-electron chi connectivity index (χ4n) is 1.36. The minimum absolute atomic E-state index is 0.0369. The number of halogens is 1. The Labute approximate surface area is 111 Å². The predicted octanol–water partition coefficient (Wildman–Crippen LogP) is 2.84. The number of ether oxygens (including phenoxy) is 1. The first kappa shape index (κ1) is 14.5. The molecule has 1 rings (SSSR count). The molecule has 0 aliphatic carbocycles. The fourth-order valence-corrected chi connectivity index (χ4v) is 1.43. The molecule has 1 N–H and O–H groups in total. The first-order valence-corrected chi connectivity index (χ1v) is 5.82. The van der Waals surface area contributed by atoms with Crippen LogP contribution in [0.1, 0.15) is 12.5 Å². The molecule has 0 bridgehead atoms. The lowest BCUT2D eigenvalue weighted by Gasteiger charge is -2.08. The van der Waals surface area contributed by atoms with Crippen molar-refractivity contribution in [2.45, 2.75) is 13.5 Å². The van der Waals surface area contributed by atoms with Gasteiger partial charge in [-0.25, -0.2) is 0 Å². The van der Waals surface area contributed by atoms with Crippen LogP contribution in [0.15, 0.2) is 29.3 Å². The second kappa shape index (κ2) is 6.98. The monoisotopic (exact) mass is 270 g/mol. The molecule has 0 fully saturated rings. The minimum atomic E-state index is -0.450. The van der Waals surface area contributed by atoms with Gasteiger partial charge in [-0.05, 0) is 31.2 Å². The van der Waals surface area contributed by atoms with Crippen LogP contribution in [0.3, 0.4) is 0 Å². The van der Waals surface area contributed by atoms with Crippen molar-refractivity contribution in [2.24, 2.45) is 0 Å². The van der Waals surface area contributed by atoms with E-state index in [9.17, 15) is 10.1 Å². The summed E-state index contributed by atoms with van der Waals surface area (Å²) in [4.78, 5) is 10.5. The van der Waals surface area contributed by atoms with Gasteiger partial charge in [-0.2, -0.15) is 0 Å². The highest BCUT2D eigenvalue weighted by Gasteiger charge is 2.15. The molecule has 18 heavy (non-hydrogen) atoms. The maximum absolute atomic E-state index is 11.0. The summed E-state index contributed by atoms with van der Waals surface area (Å²) in [6.07, 6.45) is 0. The van der Waals surface area contributed by atoms with Crippen molar-refractivity contribution in [3.8, 4) is 5.75 Å². The van der Waals surface area contributed by atoms with Crippen molar-refractivity contribution < 1.29 is 9.66 Å². The van der Waals surface area contributed by atoms with E-state index in [4.69, 9.17) is 16.3 Å². The molecule has 0 radical (unpaired) electrons. The van der Waals surface area contributed by atoms with E-state index >= 15 is 0 Å². The van der Waals surface area contributed by atoms with Gasteiger partial charge in [0.05, 0.1) is 4.92 Å². The highest BCUT2D eigenvalue weighted by atomic mass is 35.5. The average molecular weight is 271 g/mol. The number of nitrogens with one attached hydrogen (secondary N) is 1. The zero-order valence-corrected chi connectivity index (χ0v) is 11.0. The molecule has 98 valence electrons. The van der Waals surface area contributed by atoms with Crippen LogP contribution < -0.4 is 10.1 Å². The third-order valence-corrected chi connectivity index (χ3v) is 2.62. The summed E-state index contributed by atoms with van der Waals surface area (Å²) in [6.45, 7) is 2.59. The van der Waals surface area contributed by atoms with Crippen LogP contribution in [0.2, 0.25) is 0 Å². The van der Waals surface area contributed by atoms with Crippen molar-refractivity contribution >= 4 is 17.3 Å². The standard InChI is InChI=1S/C12H15ClN2O3/c1-9(6-13)8-18-12-4-3-10(7-14-2)5-11(12)15(16)17/h3-6,14H,7-8H2,1-2H3/b9-6+. The molecule has 0 amide bonds. The van der Waals surface area contributed by atoms with Crippen molar-refractivity contribution in [1.29, 1.82) is 0 Å². The van der Waals surface area contributed by atoms with Crippen molar-refractivity contribution in [1.82, 2.24) is 5.32 Å². The van der Waals surface area contributed by atoms with Gasteiger partial charge in [0.2, 0.25) is 0 Å². The Hall–Kier alpha value is -1.59. The molecule has 0 aliphatic heterocycles. The molecule has 1 aromatic carbocycles. The molecule has 5 nitrogen and oxygen atoms in total. The molecule has 0 aromatic heterocycles. The van der Waals surface area contributed by atoms with E-state index in [-0.39, 0.29) is 18.0 Å². The maximum Gasteiger partial charge on any atom is 0.311 e. The summed E-state index contributed by atoms with van der Waals surface area (Å²) in [5.41, 5.74) is 2.98. The lowest BCUT2D eigenvalue weighted by atomic mass is 10.2. The van der Waals surface area contributed by atoms with Gasteiger partial charge in [0, 0.05) is 18.1 Å². The van der Waals surface area contributed by atoms with Crippen LogP contribution in [0.5, 0.6) is 5.75 Å². The molecule has 6 heteroatoms. The highest BCUT2D eigenvalue weighted by Crippen LogP contribution is 2.28. The Morgan fingerprint density at radius 2 is 2.33 bits per heavy atom. The van der Waals surface area contributed by atoms with E-state index in [1.807, 2.05) is 0 Å². The summed E-state index contributed by atoms with van der Waals surface area (Å²) in [7, 11) is 1.78. The molecular weight excluding hydrogens is 256 g/mol. The second-order valence-corrected chi connectivity index (χ2v) is 4.05. The molecule has 0 spiro atoms. The first-order valence-electron chi connectivity index (χ1n) is 5.39. The molecule has 0 atom stereocenters. The van der Waals surface area contributed by atoms with E-state index in [0.717, 1.165) is 11.1 Å². The minimum Gasteiger partial charge on any atom is -0.482 e. The molecule has 0 saturated carbocycles. The number of benzene rings is 1. The second-order valence-electron chi connectivity index (χ2n) is 3.83. The number of nitro groups is 1. The normalized spacial score (nSPS) is 11.4. The number of rotatable bonds is 6. The first-order chi connectivity index (χ1) is 8.58. The Balaban J connectivity index is 2.93. The maximum atomic E-state index is 11.0. The number of nitrogens with zero attached hydrogens (tertiary/aromatic N) is 1. The molecule has 0 unspecified atom stereocenters. The molecule has 0 aliphatic rings. The van der Waals surface area contributed by atoms with Gasteiger partial charge < -0.3 is 10.1 Å². The molecular formula is C12H15ClN2O3. The van der Waals surface area contributed by atoms with Crippen molar-refractivity contribution in [3.63, 3.8) is 0 Å². The predicted molar refractivity (Wildman–Crippen MR) is 71.0 cm³/mol. The Kier molecular flexibility index (Phi) is 5.61. The molecule has 0 heterocycles. The van der Waals surface area contributed by atoms with Gasteiger partial charge in [-0.1, -0.05) is 17.7 Å². The fraction of sp³-hybridized carbons (Fsp3) is 0.333. The quantitative estimate of drug-likeness (QED) is 0.638. The zero-order chi connectivity index (χ0) is 13.5. The highest BCUT2D eigenvalue weighted by molar-refractivity contribution is 6.25. The SMILES string of the molecule is CNCc1ccc(OC/C(C)=C/Cl)c([N+](=O)[O-])c1. The van der Waals surface area contributed by atoms with Crippen LogP contribution in [-0.2, 0) is 6.54 Å². The van der Waals surface area contributed by atoms with E-state index in [2.05, 4.69) is 5.32 Å². The lowest BCUT2D eigenvalue weighted by Crippen LogP contribution is -2.06. The van der Waals surface area contributed by atoms with Crippen LogP contribution in [0, 0.1) is 10.1 Å². The van der Waals surface area contributed by atoms with E-state index in [1.165, 1.54) is 11.6 Å². The van der Waals surface area contributed by atoms with Crippen molar-refractivity contribution in [2.75, 3.05) is 13.7 Å². The van der Waals surface area contributed by atoms with Gasteiger partial charge in [-0.15, -0.1) is 0 Å². The summed E-state index contributed by atoms with van der Waals surface area (Å²) in [5, 5.41) is 13.9. The van der Waals surface area contributed by atoms with Crippen LogP contribution in [-0.4, -0.2) is 18.6 Å². The Bertz CT molecular complexity index is 461. The third-order valence-electron chi connectivity index (χ3n) is 2.24. The number of hydrogen-bond acceptors (Lipinski definition) is 4. The lowest BCUT2D eigenvalue weighted by molar-refractivity contribution is -0.385. The topological polar surface area (TPSA) is 64.4 Å². The summed E-state index contributed by atoms with van der Waals surface area (Å²) < 4.78 is 5.37. The summed E-state index contributed by atoms with van der Waals surface area (Å²) in [6, 6.07) is 4.90. The third kappa shape index (κ3) is 4.01. The van der Waals surface area contributed by atoms with Gasteiger partial charge in [0.15, 0.2) is 5.75 Å². The summed E-state index contributed by atoms with van der Waals surface area (Å²) in [5.74, 6) is 0.248. The van der Waals surface area contributed by atoms with Gasteiger partial charge in [0.25, 0.3) is 0 Å². The van der Waals surface area contributed by atoms with Crippen LogP contribution in [0.25, 0.3) is 0 Å². The van der Waals surface area contributed by atoms with E-state index in [0.29, 0.717) is 6.54 Å². The smallest absolute Gasteiger partial charge is 0.311 e. The van der Waals surface area contributed by atoms with E-state index < -0.39 is 4.92 Å². The average Bonchev–Trinajstić information content (AvgIpc) is 2.36. The van der Waals surface area contributed by atoms with Gasteiger partial charge in [-0.3, -0.25) is 10.1 Å². The van der Waals surface area contributed by atoms with Crippen LogP contribution in [0.4, 0.5) is 5.69 Å². The Morgan fingerprint density at radius 1 is 1.61 bits per heavy atom. The van der Waals surface area contributed by atoms with Crippen LogP contribution >= 0.6 is 11.6 Å². The number of hydrogen-bond donors (Lipinski definition) is 1. The Morgan fingerprint density at radius 3 is 2.89 bits per heavy atom. The summed E-state index contributed by atoms with van der Waals surface area (Å²) >= 11 is 5.50. The van der Waals surface area contributed by atoms with E-state index in [1.54, 1.807) is 26.1 Å². The molecule has 1 aromatic rings. The van der Waals surface area contributed by atoms with Gasteiger partial charge >= 0.3 is 5.69 Å². The largest absolute Gasteiger partial charge is 0.482 e. The van der Waals surface area contributed by atoms with Gasteiger partial charge in [0.1, 0.15) is 6.61 Å². The zero-order valence-electron chi connectivity index (χ0n) is 10.3.